The van der Waals surface area contributed by atoms with E-state index in [0.29, 0.717) is 18.0 Å². The fraction of sp³-hybridized carbons (Fsp3) is 0.600. The molecular weight excluding hydrogens is 196 g/mol. The number of ketones is 1. The molecule has 0 amide bonds. The Morgan fingerprint density at radius 1 is 1.64 bits per heavy atom. The summed E-state index contributed by atoms with van der Waals surface area (Å²) in [6, 6.07) is 0. The summed E-state index contributed by atoms with van der Waals surface area (Å²) in [5.41, 5.74) is 0. The lowest BCUT2D eigenvalue weighted by atomic mass is 10.2. The van der Waals surface area contributed by atoms with E-state index in [1.807, 2.05) is 17.8 Å². The van der Waals surface area contributed by atoms with Gasteiger partial charge in [-0.15, -0.1) is 0 Å². The van der Waals surface area contributed by atoms with Gasteiger partial charge >= 0.3 is 0 Å². The Morgan fingerprint density at radius 3 is 3.00 bits per heavy atom. The molecule has 4 heteroatoms. The van der Waals surface area contributed by atoms with Gasteiger partial charge in [-0.2, -0.15) is 11.8 Å². The average Bonchev–Trinajstić information content (AvgIpc) is 2.58. The number of aromatic nitrogens is 2. The van der Waals surface area contributed by atoms with Gasteiger partial charge < -0.3 is 4.57 Å². The van der Waals surface area contributed by atoms with E-state index in [4.69, 9.17) is 0 Å². The van der Waals surface area contributed by atoms with Crippen molar-refractivity contribution in [2.24, 2.45) is 7.05 Å². The molecule has 78 valence electrons. The van der Waals surface area contributed by atoms with E-state index < -0.39 is 0 Å². The molecular formula is C10H16N2OS. The Bertz CT molecular complexity index is 296. The van der Waals surface area contributed by atoms with Gasteiger partial charge in [0, 0.05) is 32.3 Å². The van der Waals surface area contributed by atoms with Crippen LogP contribution in [0.2, 0.25) is 0 Å². The Labute approximate surface area is 88.9 Å². The van der Waals surface area contributed by atoms with Crippen LogP contribution < -0.4 is 0 Å². The molecule has 0 saturated heterocycles. The van der Waals surface area contributed by atoms with Gasteiger partial charge in [0.1, 0.15) is 11.6 Å². The molecule has 0 radical (unpaired) electrons. The SMILES string of the molecule is CCSCC(=O)CCc1nccn1C. The van der Waals surface area contributed by atoms with Gasteiger partial charge in [0.2, 0.25) is 0 Å². The van der Waals surface area contributed by atoms with Gasteiger partial charge in [0.25, 0.3) is 0 Å². The zero-order chi connectivity index (χ0) is 10.4. The van der Waals surface area contributed by atoms with Crippen LogP contribution in [0.4, 0.5) is 0 Å². The first-order valence-corrected chi connectivity index (χ1v) is 5.95. The van der Waals surface area contributed by atoms with Gasteiger partial charge in [-0.3, -0.25) is 4.79 Å². The number of aryl methyl sites for hydroxylation is 2. The van der Waals surface area contributed by atoms with E-state index in [9.17, 15) is 4.79 Å². The molecule has 1 aromatic rings. The van der Waals surface area contributed by atoms with E-state index in [1.54, 1.807) is 18.0 Å². The number of Topliss-reactive ketones (excluding diaryl/α,β-unsaturated/α-hetero) is 1. The molecule has 1 heterocycles. The lowest BCUT2D eigenvalue weighted by Crippen LogP contribution is -2.06. The second-order valence-corrected chi connectivity index (χ2v) is 4.40. The molecule has 0 aliphatic rings. The minimum atomic E-state index is 0.319. The molecule has 1 aromatic heterocycles. The summed E-state index contributed by atoms with van der Waals surface area (Å²) in [7, 11) is 1.95. The van der Waals surface area contributed by atoms with Gasteiger partial charge in [-0.05, 0) is 5.75 Å². The number of rotatable bonds is 6. The molecule has 0 aromatic carbocycles. The molecule has 0 bridgehead atoms. The van der Waals surface area contributed by atoms with Crippen molar-refractivity contribution in [2.75, 3.05) is 11.5 Å². The normalized spacial score (nSPS) is 10.4. The fourth-order valence-electron chi connectivity index (χ4n) is 1.18. The largest absolute Gasteiger partial charge is 0.338 e. The summed E-state index contributed by atoms with van der Waals surface area (Å²) < 4.78 is 1.96. The van der Waals surface area contributed by atoms with Crippen LogP contribution in [0.1, 0.15) is 19.2 Å². The molecule has 0 aliphatic carbocycles. The minimum Gasteiger partial charge on any atom is -0.338 e. The van der Waals surface area contributed by atoms with E-state index >= 15 is 0 Å². The first kappa shape index (κ1) is 11.3. The summed E-state index contributed by atoms with van der Waals surface area (Å²) in [6.45, 7) is 2.07. The summed E-state index contributed by atoms with van der Waals surface area (Å²) in [5.74, 6) is 2.95. The smallest absolute Gasteiger partial charge is 0.143 e. The molecule has 0 aliphatic heterocycles. The molecule has 14 heavy (non-hydrogen) atoms. The zero-order valence-electron chi connectivity index (χ0n) is 8.69. The van der Waals surface area contributed by atoms with Gasteiger partial charge in [0.05, 0.1) is 5.75 Å². The highest BCUT2D eigenvalue weighted by Gasteiger charge is 2.04. The van der Waals surface area contributed by atoms with Crippen LogP contribution in [0.25, 0.3) is 0 Å². The Kier molecular flexibility index (Phi) is 4.73. The van der Waals surface area contributed by atoms with Crippen molar-refractivity contribution in [2.45, 2.75) is 19.8 Å². The average molecular weight is 212 g/mol. The number of carbonyl (C=O) groups is 1. The second-order valence-electron chi connectivity index (χ2n) is 3.13. The Balaban J connectivity index is 2.27. The molecule has 1 rings (SSSR count). The highest BCUT2D eigenvalue weighted by atomic mass is 32.2. The van der Waals surface area contributed by atoms with Gasteiger partial charge in [-0.1, -0.05) is 6.92 Å². The number of nitrogens with zero attached hydrogens (tertiary/aromatic N) is 2. The minimum absolute atomic E-state index is 0.319. The maximum atomic E-state index is 11.4. The van der Waals surface area contributed by atoms with Gasteiger partial charge in [0.15, 0.2) is 0 Å². The van der Waals surface area contributed by atoms with Crippen LogP contribution >= 0.6 is 11.8 Å². The Morgan fingerprint density at radius 2 is 2.43 bits per heavy atom. The Hall–Kier alpha value is -0.770. The third-order valence-electron chi connectivity index (χ3n) is 2.02. The van der Waals surface area contributed by atoms with Crippen molar-refractivity contribution in [1.82, 2.24) is 9.55 Å². The number of hydrogen-bond acceptors (Lipinski definition) is 3. The van der Waals surface area contributed by atoms with E-state index in [0.717, 1.165) is 18.0 Å². The van der Waals surface area contributed by atoms with Crippen LogP contribution in [-0.2, 0) is 18.3 Å². The quantitative estimate of drug-likeness (QED) is 0.719. The van der Waals surface area contributed by atoms with Crippen LogP contribution in [0, 0.1) is 0 Å². The highest BCUT2D eigenvalue weighted by molar-refractivity contribution is 7.99. The molecule has 0 N–H and O–H groups in total. The molecule has 3 nitrogen and oxygen atoms in total. The van der Waals surface area contributed by atoms with Crippen molar-refractivity contribution < 1.29 is 4.79 Å². The van der Waals surface area contributed by atoms with Crippen LogP contribution in [0.15, 0.2) is 12.4 Å². The van der Waals surface area contributed by atoms with E-state index in [-0.39, 0.29) is 0 Å². The number of thioether (sulfide) groups is 1. The fourth-order valence-corrected chi connectivity index (χ4v) is 1.75. The number of carbonyl (C=O) groups excluding carboxylic acids is 1. The van der Waals surface area contributed by atoms with E-state index in [2.05, 4.69) is 11.9 Å². The molecule has 0 spiro atoms. The second kappa shape index (κ2) is 5.86. The third kappa shape index (κ3) is 3.54. The number of imidazole rings is 1. The van der Waals surface area contributed by atoms with Crippen molar-refractivity contribution in [3.8, 4) is 0 Å². The monoisotopic (exact) mass is 212 g/mol. The summed E-state index contributed by atoms with van der Waals surface area (Å²) in [4.78, 5) is 15.5. The third-order valence-corrected chi connectivity index (χ3v) is 2.95. The maximum absolute atomic E-state index is 11.4. The lowest BCUT2D eigenvalue weighted by Gasteiger charge is -2.00. The van der Waals surface area contributed by atoms with Crippen LogP contribution in [-0.4, -0.2) is 26.8 Å². The summed E-state index contributed by atoms with van der Waals surface area (Å²) in [6.07, 6.45) is 5.03. The lowest BCUT2D eigenvalue weighted by molar-refractivity contribution is -0.116. The standard InChI is InChI=1S/C10H16N2OS/c1-3-14-8-9(13)4-5-10-11-6-7-12(10)2/h6-7H,3-5,8H2,1-2H3. The molecule has 0 saturated carbocycles. The zero-order valence-corrected chi connectivity index (χ0v) is 9.51. The maximum Gasteiger partial charge on any atom is 0.143 e. The van der Waals surface area contributed by atoms with Crippen molar-refractivity contribution in [1.29, 1.82) is 0 Å². The predicted molar refractivity (Wildman–Crippen MR) is 59.5 cm³/mol. The summed E-state index contributed by atoms with van der Waals surface area (Å²) >= 11 is 1.68. The number of hydrogen-bond donors (Lipinski definition) is 0. The first-order chi connectivity index (χ1) is 6.74. The van der Waals surface area contributed by atoms with Crippen LogP contribution in [0.3, 0.4) is 0 Å². The van der Waals surface area contributed by atoms with Crippen molar-refractivity contribution in [3.63, 3.8) is 0 Å². The first-order valence-electron chi connectivity index (χ1n) is 4.79. The molecule has 0 atom stereocenters. The predicted octanol–water partition coefficient (Wildman–Crippen LogP) is 1.67. The summed E-state index contributed by atoms with van der Waals surface area (Å²) in [5, 5.41) is 0. The topological polar surface area (TPSA) is 34.9 Å². The van der Waals surface area contributed by atoms with Crippen molar-refractivity contribution >= 4 is 17.5 Å². The van der Waals surface area contributed by atoms with Gasteiger partial charge in [-0.25, -0.2) is 4.98 Å². The molecule has 0 unspecified atom stereocenters. The van der Waals surface area contributed by atoms with Crippen LogP contribution in [0.5, 0.6) is 0 Å². The van der Waals surface area contributed by atoms with Crippen molar-refractivity contribution in [3.05, 3.63) is 18.2 Å². The molecule has 0 fully saturated rings. The van der Waals surface area contributed by atoms with E-state index in [1.165, 1.54) is 0 Å². The highest BCUT2D eigenvalue weighted by Crippen LogP contribution is 2.04.